The van der Waals surface area contributed by atoms with Crippen molar-refractivity contribution in [2.24, 2.45) is 11.0 Å². The van der Waals surface area contributed by atoms with Crippen molar-refractivity contribution in [3.63, 3.8) is 0 Å². The summed E-state index contributed by atoms with van der Waals surface area (Å²) in [5, 5.41) is 4.07. The molecule has 4 heteroatoms. The van der Waals surface area contributed by atoms with Gasteiger partial charge in [0.2, 0.25) is 5.91 Å². The van der Waals surface area contributed by atoms with Crippen molar-refractivity contribution in [3.8, 4) is 0 Å². The number of benzene rings is 2. The van der Waals surface area contributed by atoms with Crippen molar-refractivity contribution >= 4 is 28.1 Å². The molecule has 130 valence electrons. The van der Waals surface area contributed by atoms with E-state index in [0.717, 1.165) is 16.5 Å². The van der Waals surface area contributed by atoms with Crippen molar-refractivity contribution < 1.29 is 4.79 Å². The number of halogens is 1. The Balaban J connectivity index is 1.55. The Morgan fingerprint density at radius 3 is 2.56 bits per heavy atom. The van der Waals surface area contributed by atoms with Crippen LogP contribution in [0.4, 0.5) is 0 Å². The zero-order chi connectivity index (χ0) is 18.0. The summed E-state index contributed by atoms with van der Waals surface area (Å²) in [6, 6.07) is 16.4. The fourth-order valence-corrected chi connectivity index (χ4v) is 3.34. The second-order valence-electron chi connectivity index (χ2n) is 7.61. The number of hydrazone groups is 1. The average molecular weight is 399 g/mol. The Morgan fingerprint density at radius 1 is 1.20 bits per heavy atom. The lowest BCUT2D eigenvalue weighted by molar-refractivity contribution is -0.122. The number of carbonyl (C=O) groups excluding carboxylic acids is 1. The molecule has 3 rings (SSSR count). The molecular formula is C21H23BrN2O. The number of hydrogen-bond acceptors (Lipinski definition) is 2. The van der Waals surface area contributed by atoms with Gasteiger partial charge >= 0.3 is 0 Å². The highest BCUT2D eigenvalue weighted by Gasteiger charge is 2.43. The summed E-state index contributed by atoms with van der Waals surface area (Å²) in [6.07, 6.45) is 2.56. The first kappa shape index (κ1) is 17.9. The lowest BCUT2D eigenvalue weighted by atomic mass is 9.86. The molecule has 1 amide bonds. The molecule has 0 heterocycles. The molecule has 2 aromatic rings. The number of rotatable bonds is 4. The molecule has 2 atom stereocenters. The monoisotopic (exact) mass is 398 g/mol. The van der Waals surface area contributed by atoms with Gasteiger partial charge in [0, 0.05) is 10.4 Å². The van der Waals surface area contributed by atoms with Crippen molar-refractivity contribution in [3.05, 3.63) is 69.7 Å². The van der Waals surface area contributed by atoms with Crippen LogP contribution < -0.4 is 5.43 Å². The lowest BCUT2D eigenvalue weighted by Gasteiger charge is -2.19. The summed E-state index contributed by atoms with van der Waals surface area (Å²) in [4.78, 5) is 12.2. The Kier molecular flexibility index (Phi) is 5.09. The molecule has 0 aliphatic heterocycles. The second-order valence-corrected chi connectivity index (χ2v) is 8.53. The highest BCUT2D eigenvalue weighted by molar-refractivity contribution is 9.10. The molecule has 0 saturated heterocycles. The third kappa shape index (κ3) is 4.57. The lowest BCUT2D eigenvalue weighted by Crippen LogP contribution is -2.20. The van der Waals surface area contributed by atoms with Gasteiger partial charge in [0.05, 0.1) is 6.21 Å². The van der Waals surface area contributed by atoms with Crippen molar-refractivity contribution in [2.75, 3.05) is 0 Å². The number of nitrogens with zero attached hydrogens (tertiary/aromatic N) is 1. The van der Waals surface area contributed by atoms with Crippen LogP contribution in [0.25, 0.3) is 0 Å². The first-order chi connectivity index (χ1) is 11.8. The fraction of sp³-hybridized carbons (Fsp3) is 0.333. The van der Waals surface area contributed by atoms with Crippen LogP contribution in [0, 0.1) is 5.92 Å². The molecule has 1 aliphatic rings. The van der Waals surface area contributed by atoms with E-state index in [1.807, 2.05) is 24.3 Å². The number of carbonyl (C=O) groups is 1. The number of nitrogens with one attached hydrogen (secondary N) is 1. The molecule has 0 bridgehead atoms. The second kappa shape index (κ2) is 7.12. The predicted molar refractivity (Wildman–Crippen MR) is 106 cm³/mol. The third-order valence-corrected chi connectivity index (χ3v) is 5.06. The summed E-state index contributed by atoms with van der Waals surface area (Å²) in [5.74, 6) is 0.339. The van der Waals surface area contributed by atoms with E-state index in [4.69, 9.17) is 0 Å². The van der Waals surface area contributed by atoms with Gasteiger partial charge in [-0.25, -0.2) is 5.43 Å². The molecule has 0 radical (unpaired) electrons. The van der Waals surface area contributed by atoms with Gasteiger partial charge in [-0.15, -0.1) is 0 Å². The van der Waals surface area contributed by atoms with E-state index in [-0.39, 0.29) is 17.2 Å². The number of amides is 1. The standard InChI is InChI=1S/C21H23BrN2O/c1-21(2,3)16-9-7-15(8-10-16)18-12-19(18)20(25)24-23-13-14-5-4-6-17(22)11-14/h4-11,13,18-19H,12H2,1-3H3,(H,24,25)/b23-13-/t18-,19+/m0/s1. The van der Waals surface area contributed by atoms with E-state index >= 15 is 0 Å². The normalized spacial score (nSPS) is 19.8. The first-order valence-electron chi connectivity index (χ1n) is 8.53. The Labute approximate surface area is 157 Å². The van der Waals surface area contributed by atoms with Crippen LogP contribution >= 0.6 is 15.9 Å². The molecule has 1 aliphatic carbocycles. The molecular weight excluding hydrogens is 376 g/mol. The average Bonchev–Trinajstić information content (AvgIpc) is 3.35. The van der Waals surface area contributed by atoms with Gasteiger partial charge < -0.3 is 0 Å². The van der Waals surface area contributed by atoms with Gasteiger partial charge in [-0.3, -0.25) is 4.79 Å². The molecule has 3 nitrogen and oxygen atoms in total. The Bertz CT molecular complexity index is 790. The predicted octanol–water partition coefficient (Wildman–Crippen LogP) is 5.00. The number of hydrogen-bond donors (Lipinski definition) is 1. The summed E-state index contributed by atoms with van der Waals surface area (Å²) in [7, 11) is 0. The molecule has 1 fully saturated rings. The highest BCUT2D eigenvalue weighted by Crippen LogP contribution is 2.47. The topological polar surface area (TPSA) is 41.5 Å². The van der Waals surface area contributed by atoms with Gasteiger partial charge in [-0.1, -0.05) is 73.1 Å². The zero-order valence-electron chi connectivity index (χ0n) is 14.8. The quantitative estimate of drug-likeness (QED) is 0.571. The Hall–Kier alpha value is -1.94. The van der Waals surface area contributed by atoms with Gasteiger partial charge in [-0.05, 0) is 46.6 Å². The van der Waals surface area contributed by atoms with Crippen LogP contribution in [-0.2, 0) is 10.2 Å². The van der Waals surface area contributed by atoms with Crippen molar-refractivity contribution in [1.82, 2.24) is 5.43 Å². The molecule has 0 unspecified atom stereocenters. The molecule has 0 spiro atoms. The first-order valence-corrected chi connectivity index (χ1v) is 9.33. The van der Waals surface area contributed by atoms with Crippen LogP contribution in [0.3, 0.4) is 0 Å². The minimum absolute atomic E-state index is 0.00357. The highest BCUT2D eigenvalue weighted by atomic mass is 79.9. The maximum Gasteiger partial charge on any atom is 0.243 e. The molecule has 0 aromatic heterocycles. The van der Waals surface area contributed by atoms with E-state index in [2.05, 4.69) is 71.5 Å². The van der Waals surface area contributed by atoms with Gasteiger partial charge in [-0.2, -0.15) is 5.10 Å². The summed E-state index contributed by atoms with van der Waals surface area (Å²) in [6.45, 7) is 6.62. The van der Waals surface area contributed by atoms with Crippen LogP contribution in [0.2, 0.25) is 0 Å². The molecule has 25 heavy (non-hydrogen) atoms. The van der Waals surface area contributed by atoms with Crippen LogP contribution in [0.15, 0.2) is 58.1 Å². The molecule has 1 N–H and O–H groups in total. The van der Waals surface area contributed by atoms with Crippen LogP contribution in [-0.4, -0.2) is 12.1 Å². The van der Waals surface area contributed by atoms with Gasteiger partial charge in [0.1, 0.15) is 0 Å². The van der Waals surface area contributed by atoms with Crippen LogP contribution in [0.1, 0.15) is 49.8 Å². The van der Waals surface area contributed by atoms with Gasteiger partial charge in [0.15, 0.2) is 0 Å². The summed E-state index contributed by atoms with van der Waals surface area (Å²) in [5.41, 5.74) is 6.32. The van der Waals surface area contributed by atoms with E-state index in [1.165, 1.54) is 11.1 Å². The van der Waals surface area contributed by atoms with E-state index < -0.39 is 0 Å². The van der Waals surface area contributed by atoms with E-state index in [9.17, 15) is 4.79 Å². The van der Waals surface area contributed by atoms with Gasteiger partial charge in [0.25, 0.3) is 0 Å². The summed E-state index contributed by atoms with van der Waals surface area (Å²) < 4.78 is 0.990. The SMILES string of the molecule is CC(C)(C)c1ccc([C@@H]2C[C@H]2C(=O)N/N=C\c2cccc(Br)c2)cc1. The van der Waals surface area contributed by atoms with Crippen molar-refractivity contribution in [2.45, 2.75) is 38.5 Å². The van der Waals surface area contributed by atoms with Crippen LogP contribution in [0.5, 0.6) is 0 Å². The maximum absolute atomic E-state index is 12.2. The Morgan fingerprint density at radius 2 is 1.92 bits per heavy atom. The largest absolute Gasteiger partial charge is 0.273 e. The smallest absolute Gasteiger partial charge is 0.243 e. The fourth-order valence-electron chi connectivity index (χ4n) is 2.92. The zero-order valence-corrected chi connectivity index (χ0v) is 16.4. The minimum Gasteiger partial charge on any atom is -0.273 e. The van der Waals surface area contributed by atoms with E-state index in [1.54, 1.807) is 6.21 Å². The summed E-state index contributed by atoms with van der Waals surface area (Å²) >= 11 is 3.42. The maximum atomic E-state index is 12.2. The van der Waals surface area contributed by atoms with E-state index in [0.29, 0.717) is 5.92 Å². The molecule has 2 aromatic carbocycles. The third-order valence-electron chi connectivity index (χ3n) is 4.57. The minimum atomic E-state index is -0.00357. The van der Waals surface area contributed by atoms with Crippen molar-refractivity contribution in [1.29, 1.82) is 0 Å². The molecule has 1 saturated carbocycles.